The van der Waals surface area contributed by atoms with Crippen LogP contribution >= 0.6 is 0 Å². The second kappa shape index (κ2) is 2.66. The first-order valence-electron chi connectivity index (χ1n) is 2.46. The van der Waals surface area contributed by atoms with Gasteiger partial charge in [-0.1, -0.05) is 0 Å². The van der Waals surface area contributed by atoms with E-state index in [1.54, 1.807) is 0 Å². The van der Waals surface area contributed by atoms with Crippen molar-refractivity contribution in [3.8, 4) is 0 Å². The Labute approximate surface area is 52.4 Å². The van der Waals surface area contributed by atoms with Gasteiger partial charge in [-0.2, -0.15) is 0 Å². The third-order valence-electron chi connectivity index (χ3n) is 0.685. The number of carboxylic acid groups (broad SMARTS) is 1. The number of ether oxygens (including phenoxy) is 1. The molecule has 0 aliphatic carbocycles. The standard InChI is InChI=1S/C5H9FO3/c1-5(2,3-6)9-4(7)8/h3H2,1-2H3,(H,7,8). The van der Waals surface area contributed by atoms with Crippen molar-refractivity contribution in [3.05, 3.63) is 0 Å². The smallest absolute Gasteiger partial charge is 0.450 e. The summed E-state index contributed by atoms with van der Waals surface area (Å²) >= 11 is 0. The number of alkyl halides is 1. The lowest BCUT2D eigenvalue weighted by Gasteiger charge is -2.17. The minimum absolute atomic E-state index is 0.806. The Kier molecular flexibility index (Phi) is 2.42. The highest BCUT2D eigenvalue weighted by Crippen LogP contribution is 2.08. The average molecular weight is 136 g/mol. The summed E-state index contributed by atoms with van der Waals surface area (Å²) in [7, 11) is 0. The second-order valence-electron chi connectivity index (χ2n) is 2.26. The highest BCUT2D eigenvalue weighted by molar-refractivity contribution is 5.57. The molecule has 3 nitrogen and oxygen atoms in total. The van der Waals surface area contributed by atoms with Crippen molar-refractivity contribution in [1.82, 2.24) is 0 Å². The van der Waals surface area contributed by atoms with Gasteiger partial charge in [0.05, 0.1) is 0 Å². The Morgan fingerprint density at radius 2 is 2.22 bits per heavy atom. The van der Waals surface area contributed by atoms with Gasteiger partial charge in [-0.05, 0) is 13.8 Å². The lowest BCUT2D eigenvalue weighted by atomic mass is 10.2. The molecule has 0 spiro atoms. The first-order chi connectivity index (χ1) is 3.98. The van der Waals surface area contributed by atoms with Crippen molar-refractivity contribution in [3.63, 3.8) is 0 Å². The van der Waals surface area contributed by atoms with Crippen molar-refractivity contribution in [2.24, 2.45) is 0 Å². The Balaban J connectivity index is 3.71. The molecular weight excluding hydrogens is 127 g/mol. The van der Waals surface area contributed by atoms with Crippen LogP contribution in [-0.4, -0.2) is 23.5 Å². The van der Waals surface area contributed by atoms with E-state index in [9.17, 15) is 9.18 Å². The molecule has 4 heteroatoms. The van der Waals surface area contributed by atoms with Crippen molar-refractivity contribution in [2.75, 3.05) is 6.67 Å². The van der Waals surface area contributed by atoms with E-state index in [-0.39, 0.29) is 0 Å². The summed E-state index contributed by atoms with van der Waals surface area (Å²) in [5, 5.41) is 7.99. The molecule has 0 aromatic heterocycles. The number of halogens is 1. The molecule has 1 N–H and O–H groups in total. The van der Waals surface area contributed by atoms with E-state index in [0.717, 1.165) is 0 Å². The van der Waals surface area contributed by atoms with Crippen LogP contribution in [0, 0.1) is 0 Å². The zero-order valence-electron chi connectivity index (χ0n) is 5.35. The lowest BCUT2D eigenvalue weighted by molar-refractivity contribution is -0.00982. The summed E-state index contributed by atoms with van der Waals surface area (Å²) in [6, 6.07) is 0. The van der Waals surface area contributed by atoms with E-state index in [0.29, 0.717) is 0 Å². The van der Waals surface area contributed by atoms with Crippen LogP contribution in [0.25, 0.3) is 0 Å². The first-order valence-corrected chi connectivity index (χ1v) is 2.46. The van der Waals surface area contributed by atoms with E-state index in [4.69, 9.17) is 5.11 Å². The fourth-order valence-corrected chi connectivity index (χ4v) is 0.264. The van der Waals surface area contributed by atoms with Crippen LogP contribution in [-0.2, 0) is 4.74 Å². The van der Waals surface area contributed by atoms with Gasteiger partial charge < -0.3 is 9.84 Å². The number of hydrogen-bond donors (Lipinski definition) is 1. The molecule has 0 rings (SSSR count). The van der Waals surface area contributed by atoms with Gasteiger partial charge in [0.15, 0.2) is 0 Å². The number of rotatable bonds is 2. The van der Waals surface area contributed by atoms with Crippen LogP contribution in [0.4, 0.5) is 9.18 Å². The molecule has 0 aromatic rings. The summed E-state index contributed by atoms with van der Waals surface area (Å²) in [6.45, 7) is 1.92. The van der Waals surface area contributed by atoms with Crippen LogP contribution in [0.3, 0.4) is 0 Å². The van der Waals surface area contributed by atoms with Gasteiger partial charge in [-0.15, -0.1) is 0 Å². The number of carbonyl (C=O) groups is 1. The van der Waals surface area contributed by atoms with Crippen LogP contribution in [0.15, 0.2) is 0 Å². The molecular formula is C5H9FO3. The Morgan fingerprint density at radius 1 is 1.78 bits per heavy atom. The molecule has 0 saturated heterocycles. The molecule has 0 atom stereocenters. The first kappa shape index (κ1) is 8.20. The van der Waals surface area contributed by atoms with Crippen molar-refractivity contribution < 1.29 is 19.0 Å². The largest absolute Gasteiger partial charge is 0.506 e. The van der Waals surface area contributed by atoms with Crippen molar-refractivity contribution >= 4 is 6.16 Å². The molecule has 54 valence electrons. The van der Waals surface area contributed by atoms with E-state index in [1.165, 1.54) is 13.8 Å². The highest BCUT2D eigenvalue weighted by Gasteiger charge is 2.21. The maximum absolute atomic E-state index is 11.7. The summed E-state index contributed by atoms with van der Waals surface area (Å²) in [4.78, 5) is 9.78. The molecule has 0 radical (unpaired) electrons. The van der Waals surface area contributed by atoms with E-state index in [2.05, 4.69) is 4.74 Å². The van der Waals surface area contributed by atoms with Crippen LogP contribution < -0.4 is 0 Å². The van der Waals surface area contributed by atoms with E-state index in [1.807, 2.05) is 0 Å². The fourth-order valence-electron chi connectivity index (χ4n) is 0.264. The Morgan fingerprint density at radius 3 is 2.33 bits per heavy atom. The van der Waals surface area contributed by atoms with E-state index >= 15 is 0 Å². The average Bonchev–Trinajstić information content (AvgIpc) is 1.63. The van der Waals surface area contributed by atoms with Gasteiger partial charge in [0, 0.05) is 0 Å². The molecule has 0 amide bonds. The minimum Gasteiger partial charge on any atom is -0.450 e. The number of hydrogen-bond acceptors (Lipinski definition) is 2. The van der Waals surface area contributed by atoms with Crippen LogP contribution in [0.5, 0.6) is 0 Å². The van der Waals surface area contributed by atoms with Crippen molar-refractivity contribution in [2.45, 2.75) is 19.4 Å². The summed E-state index contributed by atoms with van der Waals surface area (Å²) in [5.74, 6) is 0. The van der Waals surface area contributed by atoms with Crippen LogP contribution in [0.2, 0.25) is 0 Å². The quantitative estimate of drug-likeness (QED) is 0.584. The molecule has 0 saturated carbocycles. The highest BCUT2D eigenvalue weighted by atomic mass is 19.1. The molecule has 0 fully saturated rings. The minimum atomic E-state index is -1.45. The van der Waals surface area contributed by atoms with Gasteiger partial charge in [-0.25, -0.2) is 9.18 Å². The molecule has 0 unspecified atom stereocenters. The maximum atomic E-state index is 11.7. The lowest BCUT2D eigenvalue weighted by Crippen LogP contribution is -2.29. The Hall–Kier alpha value is -0.800. The topological polar surface area (TPSA) is 46.5 Å². The zero-order valence-corrected chi connectivity index (χ0v) is 5.35. The van der Waals surface area contributed by atoms with Gasteiger partial charge in [0.2, 0.25) is 0 Å². The van der Waals surface area contributed by atoms with Gasteiger partial charge in [0.1, 0.15) is 12.3 Å². The molecule has 0 heterocycles. The van der Waals surface area contributed by atoms with E-state index < -0.39 is 18.4 Å². The summed E-state index contributed by atoms with van der Waals surface area (Å²) < 4.78 is 15.9. The summed E-state index contributed by atoms with van der Waals surface area (Å²) in [5.41, 5.74) is -1.20. The van der Waals surface area contributed by atoms with Gasteiger partial charge >= 0.3 is 6.16 Å². The zero-order chi connectivity index (χ0) is 7.49. The third kappa shape index (κ3) is 3.76. The molecule has 0 bridgehead atoms. The predicted octanol–water partition coefficient (Wildman–Crippen LogP) is 1.43. The Bertz CT molecular complexity index is 111. The van der Waals surface area contributed by atoms with Gasteiger partial charge in [-0.3, -0.25) is 0 Å². The van der Waals surface area contributed by atoms with Crippen molar-refractivity contribution in [1.29, 1.82) is 0 Å². The van der Waals surface area contributed by atoms with Gasteiger partial charge in [0.25, 0.3) is 0 Å². The molecule has 0 aliphatic heterocycles. The molecule has 9 heavy (non-hydrogen) atoms. The molecule has 0 aromatic carbocycles. The van der Waals surface area contributed by atoms with Crippen LogP contribution in [0.1, 0.15) is 13.8 Å². The second-order valence-corrected chi connectivity index (χ2v) is 2.26. The predicted molar refractivity (Wildman–Crippen MR) is 29.2 cm³/mol. The SMILES string of the molecule is CC(C)(CF)OC(=O)O. The molecule has 0 aliphatic rings. The monoisotopic (exact) mass is 136 g/mol. The normalized spacial score (nSPS) is 11.0. The summed E-state index contributed by atoms with van der Waals surface area (Å²) in [6.07, 6.45) is -1.45. The fraction of sp³-hybridized carbons (Fsp3) is 0.800. The third-order valence-corrected chi connectivity index (χ3v) is 0.685. The maximum Gasteiger partial charge on any atom is 0.506 e.